The largest absolute Gasteiger partial charge is 0.484 e. The molecule has 0 aromatic carbocycles. The SMILES string of the molecule is C=CC(=CCN=C)/C=C/N=C(CCC(N)=O)OC. The highest BCUT2D eigenvalue weighted by Gasteiger charge is 2.00. The van der Waals surface area contributed by atoms with Crippen LogP contribution in [-0.2, 0) is 9.53 Å². The number of aliphatic imine (C=N–C) groups is 2. The van der Waals surface area contributed by atoms with Gasteiger partial charge in [0, 0.05) is 19.0 Å². The second kappa shape index (κ2) is 10.0. The van der Waals surface area contributed by atoms with Crippen molar-refractivity contribution >= 4 is 18.5 Å². The van der Waals surface area contributed by atoms with Crippen molar-refractivity contribution in [2.24, 2.45) is 15.7 Å². The van der Waals surface area contributed by atoms with E-state index < -0.39 is 0 Å². The Hall–Kier alpha value is -2.17. The van der Waals surface area contributed by atoms with Gasteiger partial charge < -0.3 is 10.5 Å². The lowest BCUT2D eigenvalue weighted by Gasteiger charge is -2.01. The summed E-state index contributed by atoms with van der Waals surface area (Å²) in [7, 11) is 1.50. The van der Waals surface area contributed by atoms with Gasteiger partial charge in [-0.2, -0.15) is 0 Å². The van der Waals surface area contributed by atoms with Gasteiger partial charge in [0.1, 0.15) is 0 Å². The van der Waals surface area contributed by atoms with Crippen LogP contribution >= 0.6 is 0 Å². The van der Waals surface area contributed by atoms with Crippen molar-refractivity contribution in [2.75, 3.05) is 13.7 Å². The predicted molar refractivity (Wildman–Crippen MR) is 74.7 cm³/mol. The summed E-state index contributed by atoms with van der Waals surface area (Å²) in [6.45, 7) is 7.58. The topological polar surface area (TPSA) is 77.0 Å². The number of nitrogens with two attached hydrogens (primary N) is 1. The third kappa shape index (κ3) is 8.04. The Balaban J connectivity index is 4.49. The molecule has 0 saturated heterocycles. The van der Waals surface area contributed by atoms with Gasteiger partial charge in [-0.1, -0.05) is 18.7 Å². The van der Waals surface area contributed by atoms with Gasteiger partial charge in [0.2, 0.25) is 5.91 Å². The Labute approximate surface area is 107 Å². The number of carbonyl (C=O) groups is 1. The van der Waals surface area contributed by atoms with Crippen LogP contribution in [0.2, 0.25) is 0 Å². The number of nitrogens with zero attached hydrogens (tertiary/aromatic N) is 2. The molecule has 0 atom stereocenters. The summed E-state index contributed by atoms with van der Waals surface area (Å²) in [5.74, 6) is 0.0720. The Morgan fingerprint density at radius 1 is 1.44 bits per heavy atom. The minimum Gasteiger partial charge on any atom is -0.484 e. The maximum absolute atomic E-state index is 10.6. The Morgan fingerprint density at radius 2 is 2.17 bits per heavy atom. The molecule has 0 aromatic heterocycles. The third-order valence-corrected chi connectivity index (χ3v) is 2.00. The van der Waals surface area contributed by atoms with Gasteiger partial charge in [-0.25, -0.2) is 4.99 Å². The fourth-order valence-corrected chi connectivity index (χ4v) is 1.05. The summed E-state index contributed by atoms with van der Waals surface area (Å²) in [6.07, 6.45) is 7.50. The molecule has 0 aliphatic rings. The Kier molecular flexibility index (Phi) is 8.81. The molecular formula is C13H19N3O2. The molecule has 0 bridgehead atoms. The molecule has 1 amide bonds. The second-order valence-corrected chi connectivity index (χ2v) is 3.32. The molecule has 5 heteroatoms. The average Bonchev–Trinajstić information content (AvgIpc) is 2.36. The van der Waals surface area contributed by atoms with Gasteiger partial charge in [-0.3, -0.25) is 9.79 Å². The lowest BCUT2D eigenvalue weighted by atomic mass is 10.2. The summed E-state index contributed by atoms with van der Waals surface area (Å²) in [5, 5.41) is 0. The van der Waals surface area contributed by atoms with Crippen molar-refractivity contribution in [1.82, 2.24) is 0 Å². The quantitative estimate of drug-likeness (QED) is 0.403. The molecule has 0 rings (SSSR count). The van der Waals surface area contributed by atoms with Crippen LogP contribution in [0.4, 0.5) is 0 Å². The minimum absolute atomic E-state index is 0.213. The first-order valence-electron chi connectivity index (χ1n) is 5.44. The molecule has 0 heterocycles. The maximum atomic E-state index is 10.6. The predicted octanol–water partition coefficient (Wildman–Crippen LogP) is 1.62. The molecule has 2 N–H and O–H groups in total. The van der Waals surface area contributed by atoms with E-state index in [0.717, 1.165) is 5.57 Å². The number of carbonyl (C=O) groups excluding carboxylic acids is 1. The molecule has 0 spiro atoms. The third-order valence-electron chi connectivity index (χ3n) is 2.00. The molecule has 0 aliphatic heterocycles. The second-order valence-electron chi connectivity index (χ2n) is 3.32. The van der Waals surface area contributed by atoms with Crippen LogP contribution in [-0.4, -0.2) is 32.2 Å². The van der Waals surface area contributed by atoms with Crippen LogP contribution in [0.5, 0.6) is 0 Å². The van der Waals surface area contributed by atoms with Crippen molar-refractivity contribution in [3.63, 3.8) is 0 Å². The maximum Gasteiger partial charge on any atom is 0.217 e. The molecule has 0 saturated carbocycles. The van der Waals surface area contributed by atoms with Crippen LogP contribution < -0.4 is 5.73 Å². The number of ether oxygens (including phenoxy) is 1. The van der Waals surface area contributed by atoms with Gasteiger partial charge in [0.15, 0.2) is 5.90 Å². The van der Waals surface area contributed by atoms with E-state index in [1.807, 2.05) is 6.08 Å². The lowest BCUT2D eigenvalue weighted by Crippen LogP contribution is -2.13. The number of allylic oxidation sites excluding steroid dienone is 3. The number of primary amides is 1. The van der Waals surface area contributed by atoms with E-state index in [-0.39, 0.29) is 12.3 Å². The van der Waals surface area contributed by atoms with Crippen molar-refractivity contribution in [1.29, 1.82) is 0 Å². The van der Waals surface area contributed by atoms with Gasteiger partial charge in [-0.15, -0.1) is 0 Å². The van der Waals surface area contributed by atoms with Gasteiger partial charge >= 0.3 is 0 Å². The zero-order valence-corrected chi connectivity index (χ0v) is 10.6. The normalized spacial score (nSPS) is 12.5. The molecule has 0 aromatic rings. The van der Waals surface area contributed by atoms with Crippen molar-refractivity contribution < 1.29 is 9.53 Å². The highest BCUT2D eigenvalue weighted by molar-refractivity contribution is 5.83. The van der Waals surface area contributed by atoms with Crippen LogP contribution in [0.1, 0.15) is 12.8 Å². The molecule has 0 aliphatic carbocycles. The molecule has 5 nitrogen and oxygen atoms in total. The number of hydrogen-bond acceptors (Lipinski definition) is 4. The van der Waals surface area contributed by atoms with E-state index >= 15 is 0 Å². The van der Waals surface area contributed by atoms with E-state index in [1.165, 1.54) is 7.11 Å². The van der Waals surface area contributed by atoms with E-state index in [0.29, 0.717) is 18.9 Å². The number of methoxy groups -OCH3 is 1. The van der Waals surface area contributed by atoms with E-state index in [4.69, 9.17) is 10.5 Å². The molecule has 0 radical (unpaired) electrons. The van der Waals surface area contributed by atoms with Crippen LogP contribution in [0.15, 0.2) is 46.6 Å². The molecule has 0 fully saturated rings. The van der Waals surface area contributed by atoms with Crippen molar-refractivity contribution in [3.05, 3.63) is 36.6 Å². The first-order chi connectivity index (χ1) is 8.63. The van der Waals surface area contributed by atoms with Crippen LogP contribution in [0.25, 0.3) is 0 Å². The zero-order valence-electron chi connectivity index (χ0n) is 10.6. The summed E-state index contributed by atoms with van der Waals surface area (Å²) >= 11 is 0. The standard InChI is InChI=1S/C13H19N3O2/c1-4-11(7-9-15-2)8-10-16-13(18-3)6-5-12(14)17/h4,7-8,10H,1-2,5-6,9H2,3H3,(H2,14,17)/b10-8+,11-7?,16-13?. The molecule has 98 valence electrons. The summed E-state index contributed by atoms with van der Waals surface area (Å²) in [4.78, 5) is 18.4. The highest BCUT2D eigenvalue weighted by Crippen LogP contribution is 2.00. The lowest BCUT2D eigenvalue weighted by molar-refractivity contribution is -0.117. The van der Waals surface area contributed by atoms with Gasteiger partial charge in [0.25, 0.3) is 0 Å². The zero-order chi connectivity index (χ0) is 13.8. The average molecular weight is 249 g/mol. The first-order valence-corrected chi connectivity index (χ1v) is 5.44. The van der Waals surface area contributed by atoms with Crippen LogP contribution in [0.3, 0.4) is 0 Å². The summed E-state index contributed by atoms with van der Waals surface area (Å²) in [5.41, 5.74) is 5.93. The van der Waals surface area contributed by atoms with E-state index in [2.05, 4.69) is 23.3 Å². The van der Waals surface area contributed by atoms with E-state index in [1.54, 1.807) is 18.4 Å². The van der Waals surface area contributed by atoms with Crippen LogP contribution in [0, 0.1) is 0 Å². The summed E-state index contributed by atoms with van der Waals surface area (Å²) in [6, 6.07) is 0. The Bertz CT molecular complexity index is 382. The monoisotopic (exact) mass is 249 g/mol. The number of amides is 1. The van der Waals surface area contributed by atoms with Crippen molar-refractivity contribution in [3.8, 4) is 0 Å². The number of rotatable bonds is 8. The fraction of sp³-hybridized carbons (Fsp3) is 0.308. The molecule has 18 heavy (non-hydrogen) atoms. The van der Waals surface area contributed by atoms with E-state index in [9.17, 15) is 4.79 Å². The smallest absolute Gasteiger partial charge is 0.217 e. The fourth-order valence-electron chi connectivity index (χ4n) is 1.05. The number of hydrogen-bond donors (Lipinski definition) is 1. The highest BCUT2D eigenvalue weighted by atomic mass is 16.5. The summed E-state index contributed by atoms with van der Waals surface area (Å²) < 4.78 is 5.01. The Morgan fingerprint density at radius 3 is 2.67 bits per heavy atom. The minimum atomic E-state index is -0.382. The molecular weight excluding hydrogens is 230 g/mol. The molecule has 0 unspecified atom stereocenters. The van der Waals surface area contributed by atoms with Crippen molar-refractivity contribution in [2.45, 2.75) is 12.8 Å². The first kappa shape index (κ1) is 15.8. The van der Waals surface area contributed by atoms with Gasteiger partial charge in [-0.05, 0) is 18.4 Å². The van der Waals surface area contributed by atoms with Gasteiger partial charge in [0.05, 0.1) is 13.7 Å².